The molecule has 0 saturated heterocycles. The molecule has 0 atom stereocenters. The Bertz CT molecular complexity index is 1430. The number of aromatic amines is 1. The number of nitrogens with one attached hydrogen (secondary N) is 1. The van der Waals surface area contributed by atoms with Gasteiger partial charge < -0.3 is 4.52 Å². The smallest absolute Gasteiger partial charge is 0.283 e. The minimum absolute atomic E-state index is 0.179. The molecule has 0 saturated carbocycles. The highest BCUT2D eigenvalue weighted by Gasteiger charge is 2.17. The van der Waals surface area contributed by atoms with Crippen LogP contribution in [0.2, 0.25) is 0 Å². The average Bonchev–Trinajstić information content (AvgIpc) is 3.48. The van der Waals surface area contributed by atoms with Crippen molar-refractivity contribution in [3.63, 3.8) is 0 Å². The van der Waals surface area contributed by atoms with E-state index in [-0.39, 0.29) is 11.1 Å². The van der Waals surface area contributed by atoms with Gasteiger partial charge in [0, 0.05) is 12.0 Å². The summed E-state index contributed by atoms with van der Waals surface area (Å²) in [7, 11) is 0. The van der Waals surface area contributed by atoms with Crippen molar-refractivity contribution in [3.05, 3.63) is 76.0 Å². The second-order valence-corrected chi connectivity index (χ2v) is 7.58. The molecule has 0 amide bonds. The molecule has 2 aromatic carbocycles. The van der Waals surface area contributed by atoms with Gasteiger partial charge in [0.25, 0.3) is 5.56 Å². The quantitative estimate of drug-likeness (QED) is 0.441. The molecule has 3 heterocycles. The number of aromatic nitrogens is 7. The second kappa shape index (κ2) is 8.18. The highest BCUT2D eigenvalue weighted by Crippen LogP contribution is 2.29. The Balaban J connectivity index is 1.50. The van der Waals surface area contributed by atoms with Crippen LogP contribution in [0.4, 0.5) is 0 Å². The summed E-state index contributed by atoms with van der Waals surface area (Å²) in [6.07, 6.45) is 1.58. The van der Waals surface area contributed by atoms with Crippen molar-refractivity contribution in [2.75, 3.05) is 0 Å². The number of H-pyrrole nitrogens is 1. The summed E-state index contributed by atoms with van der Waals surface area (Å²) in [5.74, 6) is 1.84. The van der Waals surface area contributed by atoms with Crippen molar-refractivity contribution < 1.29 is 4.52 Å². The number of aryl methyl sites for hydroxylation is 2. The first kappa shape index (κ1) is 19.8. The summed E-state index contributed by atoms with van der Waals surface area (Å²) in [5, 5.41) is 18.3. The van der Waals surface area contributed by atoms with E-state index in [9.17, 15) is 4.79 Å². The molecule has 0 aliphatic rings. The van der Waals surface area contributed by atoms with E-state index in [0.717, 1.165) is 34.5 Å². The van der Waals surface area contributed by atoms with Gasteiger partial charge in [0.05, 0.1) is 6.54 Å². The first-order valence-corrected chi connectivity index (χ1v) is 10.4. The number of tetrazole rings is 1. The monoisotopic (exact) mass is 427 g/mol. The van der Waals surface area contributed by atoms with Gasteiger partial charge in [0.2, 0.25) is 5.82 Å². The Morgan fingerprint density at radius 1 is 1.03 bits per heavy atom. The van der Waals surface area contributed by atoms with E-state index in [1.165, 1.54) is 0 Å². The van der Waals surface area contributed by atoms with Crippen molar-refractivity contribution in [2.24, 2.45) is 0 Å². The highest BCUT2D eigenvalue weighted by molar-refractivity contribution is 5.80. The summed E-state index contributed by atoms with van der Waals surface area (Å²) >= 11 is 0. The van der Waals surface area contributed by atoms with Crippen LogP contribution in [0.1, 0.15) is 30.5 Å². The Labute approximate surface area is 183 Å². The van der Waals surface area contributed by atoms with Gasteiger partial charge in [0.15, 0.2) is 11.3 Å². The molecule has 3 aromatic heterocycles. The number of rotatable bonds is 6. The topological polar surface area (TPSA) is 115 Å². The van der Waals surface area contributed by atoms with Crippen LogP contribution < -0.4 is 5.56 Å². The summed E-state index contributed by atoms with van der Waals surface area (Å²) in [4.78, 5) is 17.8. The molecule has 0 aliphatic heterocycles. The lowest BCUT2D eigenvalue weighted by atomic mass is 9.98. The standard InChI is InChI=1S/C23H21N7O2/c1-3-6-19-24-20-14(2)32-27-21(20)23(31)30(19)13-15-9-11-16(12-10-15)17-7-4-5-8-18(17)22-25-28-29-26-22/h4-5,7-12H,3,6,13H2,1-2H3,(H,25,26,28,29). The molecule has 5 aromatic rings. The molecule has 0 aliphatic carbocycles. The van der Waals surface area contributed by atoms with Crippen molar-refractivity contribution in [3.8, 4) is 22.5 Å². The Morgan fingerprint density at radius 2 is 1.81 bits per heavy atom. The van der Waals surface area contributed by atoms with Crippen LogP contribution in [0.25, 0.3) is 33.5 Å². The molecule has 0 bridgehead atoms. The van der Waals surface area contributed by atoms with Crippen molar-refractivity contribution in [2.45, 2.75) is 33.2 Å². The molecule has 32 heavy (non-hydrogen) atoms. The Hall–Kier alpha value is -4.14. The zero-order valence-electron chi connectivity index (χ0n) is 17.7. The first-order valence-electron chi connectivity index (χ1n) is 10.4. The van der Waals surface area contributed by atoms with E-state index in [1.54, 1.807) is 11.5 Å². The molecular formula is C23H21N7O2. The molecule has 0 unspecified atom stereocenters. The third-order valence-corrected chi connectivity index (χ3v) is 5.42. The van der Waals surface area contributed by atoms with Crippen LogP contribution in [0.5, 0.6) is 0 Å². The van der Waals surface area contributed by atoms with Crippen molar-refractivity contribution in [1.29, 1.82) is 0 Å². The molecule has 0 radical (unpaired) electrons. The Morgan fingerprint density at radius 3 is 2.53 bits per heavy atom. The van der Waals surface area contributed by atoms with Crippen LogP contribution in [-0.4, -0.2) is 35.3 Å². The summed E-state index contributed by atoms with van der Waals surface area (Å²) in [6, 6.07) is 16.0. The van der Waals surface area contributed by atoms with Crippen LogP contribution in [0, 0.1) is 6.92 Å². The van der Waals surface area contributed by atoms with Crippen LogP contribution in [0.15, 0.2) is 57.8 Å². The minimum atomic E-state index is -0.179. The average molecular weight is 427 g/mol. The molecular weight excluding hydrogens is 406 g/mol. The van der Waals surface area contributed by atoms with Gasteiger partial charge in [0.1, 0.15) is 11.3 Å². The lowest BCUT2D eigenvalue weighted by Crippen LogP contribution is -2.26. The van der Waals surface area contributed by atoms with E-state index in [2.05, 4.69) is 37.7 Å². The van der Waals surface area contributed by atoms with Crippen LogP contribution in [-0.2, 0) is 13.0 Å². The lowest BCUT2D eigenvalue weighted by molar-refractivity contribution is 0.404. The maximum atomic E-state index is 13.1. The van der Waals surface area contributed by atoms with Crippen LogP contribution in [0.3, 0.4) is 0 Å². The van der Waals surface area contributed by atoms with Gasteiger partial charge in [-0.05, 0) is 35.2 Å². The zero-order chi connectivity index (χ0) is 22.1. The predicted octanol–water partition coefficient (Wildman–Crippen LogP) is 3.54. The molecule has 9 nitrogen and oxygen atoms in total. The van der Waals surface area contributed by atoms with Gasteiger partial charge in [-0.15, -0.1) is 10.2 Å². The number of nitrogens with zero attached hydrogens (tertiary/aromatic N) is 6. The molecule has 0 fully saturated rings. The van der Waals surface area contributed by atoms with Crippen molar-refractivity contribution in [1.82, 2.24) is 35.3 Å². The van der Waals surface area contributed by atoms with E-state index in [4.69, 9.17) is 4.52 Å². The molecule has 5 rings (SSSR count). The van der Waals surface area contributed by atoms with E-state index < -0.39 is 0 Å². The SMILES string of the molecule is CCCc1nc2c(C)onc2c(=O)n1Cc1ccc(-c2ccccc2-c2nn[nH]n2)cc1. The maximum Gasteiger partial charge on any atom is 0.283 e. The van der Waals surface area contributed by atoms with Crippen molar-refractivity contribution >= 4 is 11.0 Å². The van der Waals surface area contributed by atoms with Gasteiger partial charge in [-0.3, -0.25) is 9.36 Å². The third kappa shape index (κ3) is 3.47. The zero-order valence-corrected chi connectivity index (χ0v) is 17.7. The van der Waals surface area contributed by atoms with Gasteiger partial charge >= 0.3 is 0 Å². The maximum absolute atomic E-state index is 13.1. The Kier molecular flexibility index (Phi) is 5.06. The van der Waals surface area contributed by atoms with Crippen LogP contribution >= 0.6 is 0 Å². The summed E-state index contributed by atoms with van der Waals surface area (Å²) in [6.45, 7) is 4.25. The summed E-state index contributed by atoms with van der Waals surface area (Å²) < 4.78 is 6.89. The van der Waals surface area contributed by atoms with E-state index in [1.807, 2.05) is 48.5 Å². The van der Waals surface area contributed by atoms with Gasteiger partial charge in [-0.1, -0.05) is 60.6 Å². The van der Waals surface area contributed by atoms with Gasteiger partial charge in [-0.2, -0.15) is 5.21 Å². The minimum Gasteiger partial charge on any atom is -0.359 e. The van der Waals surface area contributed by atoms with E-state index >= 15 is 0 Å². The molecule has 160 valence electrons. The third-order valence-electron chi connectivity index (χ3n) is 5.42. The number of benzene rings is 2. The fraction of sp³-hybridized carbons (Fsp3) is 0.217. The normalized spacial score (nSPS) is 11.3. The number of fused-ring (bicyclic) bond motifs is 1. The highest BCUT2D eigenvalue weighted by atomic mass is 16.5. The fourth-order valence-electron chi connectivity index (χ4n) is 3.83. The molecule has 9 heteroatoms. The lowest BCUT2D eigenvalue weighted by Gasteiger charge is -2.12. The van der Waals surface area contributed by atoms with Gasteiger partial charge in [-0.25, -0.2) is 4.98 Å². The van der Waals surface area contributed by atoms with E-state index in [0.29, 0.717) is 30.1 Å². The first-order chi connectivity index (χ1) is 15.7. The fourth-order valence-corrected chi connectivity index (χ4v) is 3.83. The summed E-state index contributed by atoms with van der Waals surface area (Å²) in [5.41, 5.74) is 4.55. The molecule has 0 spiro atoms. The number of hydrogen-bond acceptors (Lipinski definition) is 7. The second-order valence-electron chi connectivity index (χ2n) is 7.58. The largest absolute Gasteiger partial charge is 0.359 e. The molecule has 1 N–H and O–H groups in total. The predicted molar refractivity (Wildman–Crippen MR) is 119 cm³/mol. The number of hydrogen-bond donors (Lipinski definition) is 1.